The molecule has 1 saturated heterocycles. The number of fused-ring (bicyclic) bond motifs is 4. The van der Waals surface area contributed by atoms with Crippen LogP contribution in [0.4, 0.5) is 0 Å². The van der Waals surface area contributed by atoms with Gasteiger partial charge in [0.1, 0.15) is 6.10 Å². The van der Waals surface area contributed by atoms with E-state index in [-0.39, 0.29) is 23.2 Å². The molecule has 4 aliphatic rings. The number of ketones is 1. The molecule has 7 atom stereocenters. The van der Waals surface area contributed by atoms with Gasteiger partial charge in [0.25, 0.3) is 0 Å². The van der Waals surface area contributed by atoms with Crippen LogP contribution in [-0.4, -0.2) is 41.1 Å². The molecule has 2 unspecified atom stereocenters. The van der Waals surface area contributed by atoms with Crippen LogP contribution in [0, 0.1) is 23.2 Å². The number of Topliss-reactive ketones (excluding diaryl/α,β-unsaturated/α-hetero) is 1. The molecule has 5 rings (SSSR count). The van der Waals surface area contributed by atoms with Crippen molar-refractivity contribution in [2.24, 2.45) is 23.2 Å². The predicted octanol–water partition coefficient (Wildman–Crippen LogP) is 4.83. The Morgan fingerprint density at radius 3 is 2.43 bits per heavy atom. The van der Waals surface area contributed by atoms with E-state index in [0.717, 1.165) is 12.8 Å². The van der Waals surface area contributed by atoms with Crippen LogP contribution in [0.5, 0.6) is 0 Å². The highest BCUT2D eigenvalue weighted by Crippen LogP contribution is 2.64. The van der Waals surface area contributed by atoms with E-state index in [9.17, 15) is 14.4 Å². The van der Waals surface area contributed by atoms with Crippen molar-refractivity contribution < 1.29 is 28.6 Å². The molecular weight excluding hydrogens is 444 g/mol. The van der Waals surface area contributed by atoms with Crippen molar-refractivity contribution in [3.05, 3.63) is 59.2 Å². The van der Waals surface area contributed by atoms with E-state index < -0.39 is 35.2 Å². The molecule has 35 heavy (non-hydrogen) atoms. The van der Waals surface area contributed by atoms with E-state index in [2.05, 4.69) is 19.9 Å². The van der Waals surface area contributed by atoms with Crippen LogP contribution in [0.1, 0.15) is 64.7 Å². The summed E-state index contributed by atoms with van der Waals surface area (Å²) in [5.41, 5.74) is -0.391. The summed E-state index contributed by atoms with van der Waals surface area (Å²) in [6.07, 6.45) is 4.46. The third-order valence-corrected chi connectivity index (χ3v) is 8.78. The van der Waals surface area contributed by atoms with Gasteiger partial charge in [0.05, 0.1) is 23.2 Å². The maximum Gasteiger partial charge on any atom is 0.339 e. The first-order valence-electron chi connectivity index (χ1n) is 12.5. The van der Waals surface area contributed by atoms with Gasteiger partial charge in [0, 0.05) is 6.92 Å². The van der Waals surface area contributed by atoms with Gasteiger partial charge >= 0.3 is 11.9 Å². The predicted molar refractivity (Wildman–Crippen MR) is 129 cm³/mol. The Hall–Kier alpha value is -2.73. The van der Waals surface area contributed by atoms with Crippen molar-refractivity contribution in [3.63, 3.8) is 0 Å². The van der Waals surface area contributed by atoms with Crippen molar-refractivity contribution >= 4 is 17.7 Å². The lowest BCUT2D eigenvalue weighted by Gasteiger charge is -2.35. The second kappa shape index (κ2) is 7.89. The number of carbonyl (C=O) groups is 3. The highest BCUT2D eigenvalue weighted by Gasteiger charge is 2.70. The van der Waals surface area contributed by atoms with Crippen molar-refractivity contribution in [3.8, 4) is 0 Å². The number of epoxide rings is 1. The van der Waals surface area contributed by atoms with Crippen LogP contribution in [-0.2, 0) is 23.8 Å². The monoisotopic (exact) mass is 478 g/mol. The molecule has 6 heteroatoms. The van der Waals surface area contributed by atoms with Crippen molar-refractivity contribution in [1.29, 1.82) is 0 Å². The molecule has 0 amide bonds. The summed E-state index contributed by atoms with van der Waals surface area (Å²) in [5.74, 6) is -1.24. The third-order valence-electron chi connectivity index (χ3n) is 8.78. The molecule has 6 nitrogen and oxygen atoms in total. The summed E-state index contributed by atoms with van der Waals surface area (Å²) in [5, 5.41) is 0. The smallest absolute Gasteiger partial charge is 0.339 e. The summed E-state index contributed by atoms with van der Waals surface area (Å²) in [6, 6.07) is 8.65. The van der Waals surface area contributed by atoms with Crippen molar-refractivity contribution in [2.45, 2.75) is 77.8 Å². The summed E-state index contributed by atoms with van der Waals surface area (Å²) in [4.78, 5) is 39.7. The molecule has 1 saturated carbocycles. The number of ether oxygens (including phenoxy) is 3. The number of hydrogen-bond acceptors (Lipinski definition) is 6. The molecule has 1 aromatic rings. The molecule has 0 spiro atoms. The first-order valence-corrected chi connectivity index (χ1v) is 12.5. The first kappa shape index (κ1) is 24.0. The Bertz CT molecular complexity index is 1150. The van der Waals surface area contributed by atoms with Crippen molar-refractivity contribution in [2.75, 3.05) is 0 Å². The van der Waals surface area contributed by atoms with Gasteiger partial charge in [-0.15, -0.1) is 0 Å². The highest BCUT2D eigenvalue weighted by molar-refractivity contribution is 6.06. The molecular formula is C29H34O6. The quantitative estimate of drug-likeness (QED) is 0.352. The molecule has 0 N–H and O–H groups in total. The molecule has 1 heterocycles. The average molecular weight is 479 g/mol. The van der Waals surface area contributed by atoms with Gasteiger partial charge in [-0.05, 0) is 80.2 Å². The molecule has 0 aromatic heterocycles. The van der Waals surface area contributed by atoms with E-state index >= 15 is 0 Å². The highest BCUT2D eigenvalue weighted by atomic mass is 16.6. The minimum Gasteiger partial charge on any atom is -0.457 e. The maximum absolute atomic E-state index is 14.3. The molecule has 0 bridgehead atoms. The lowest BCUT2D eigenvalue weighted by molar-refractivity contribution is -0.154. The van der Waals surface area contributed by atoms with Gasteiger partial charge in [-0.3, -0.25) is 9.59 Å². The number of hydrogen-bond donors (Lipinski definition) is 0. The summed E-state index contributed by atoms with van der Waals surface area (Å²) in [7, 11) is 0. The normalized spacial score (nSPS) is 40.5. The van der Waals surface area contributed by atoms with Crippen LogP contribution >= 0.6 is 0 Å². The van der Waals surface area contributed by atoms with E-state index in [4.69, 9.17) is 14.2 Å². The van der Waals surface area contributed by atoms with E-state index in [1.807, 2.05) is 19.9 Å². The van der Waals surface area contributed by atoms with Gasteiger partial charge in [0.2, 0.25) is 11.4 Å². The molecule has 3 aliphatic carbocycles. The Balaban J connectivity index is 1.64. The van der Waals surface area contributed by atoms with Gasteiger partial charge in [0.15, 0.2) is 0 Å². The van der Waals surface area contributed by atoms with E-state index in [0.29, 0.717) is 22.6 Å². The fourth-order valence-corrected chi connectivity index (χ4v) is 6.58. The minimum absolute atomic E-state index is 0.108. The fraction of sp³-hybridized carbons (Fsp3) is 0.552. The molecule has 186 valence electrons. The summed E-state index contributed by atoms with van der Waals surface area (Å²) in [6.45, 7) is 11.5. The fourth-order valence-electron chi connectivity index (χ4n) is 6.58. The number of allylic oxidation sites excluding steroid dienone is 1. The van der Waals surface area contributed by atoms with E-state index in [1.54, 1.807) is 37.3 Å². The SMILES string of the molecule is CC(=O)OC1C(C)=C[C@]2(OC(=O)c3ccccc3)C(=O)/C(C)=C/[C@@H]3[C@H](CC[C@@]4(C)O[C@H]4C12)C3(C)C. The largest absolute Gasteiger partial charge is 0.457 e. The van der Waals surface area contributed by atoms with Crippen LogP contribution in [0.25, 0.3) is 0 Å². The first-order chi connectivity index (χ1) is 16.4. The Labute approximate surface area is 206 Å². The lowest BCUT2D eigenvalue weighted by Crippen LogP contribution is -2.53. The molecule has 1 aromatic carbocycles. The zero-order chi connectivity index (χ0) is 25.3. The Morgan fingerprint density at radius 2 is 1.77 bits per heavy atom. The van der Waals surface area contributed by atoms with Gasteiger partial charge < -0.3 is 14.2 Å². The second-order valence-electron chi connectivity index (χ2n) is 11.5. The number of rotatable bonds is 3. The van der Waals surface area contributed by atoms with Crippen molar-refractivity contribution in [1.82, 2.24) is 0 Å². The van der Waals surface area contributed by atoms with Gasteiger partial charge in [-0.25, -0.2) is 4.79 Å². The summed E-state index contributed by atoms with van der Waals surface area (Å²) >= 11 is 0. The van der Waals surface area contributed by atoms with Crippen LogP contribution in [0.3, 0.4) is 0 Å². The number of benzene rings is 1. The second-order valence-corrected chi connectivity index (χ2v) is 11.5. The number of carbonyl (C=O) groups excluding carboxylic acids is 3. The zero-order valence-corrected chi connectivity index (χ0v) is 21.3. The van der Waals surface area contributed by atoms with E-state index in [1.165, 1.54) is 6.92 Å². The van der Waals surface area contributed by atoms with Gasteiger partial charge in [-0.2, -0.15) is 0 Å². The standard InChI is InChI=1S/C29H34O6/c1-16-14-21-20(27(21,4)5)12-13-28(6)25(34-28)22-23(33-18(3)30)17(2)15-29(22,24(16)31)35-26(32)19-10-8-7-9-11-19/h7-11,14-15,20-23,25H,12-13H2,1-6H3/b16-14+/t20-,21+,22?,23?,25-,28+,29+/m0/s1. The van der Waals surface area contributed by atoms with Gasteiger partial charge in [-0.1, -0.05) is 38.1 Å². The molecule has 2 fully saturated rings. The topological polar surface area (TPSA) is 82.2 Å². The minimum atomic E-state index is -1.63. The van der Waals surface area contributed by atoms with Crippen LogP contribution < -0.4 is 0 Å². The average Bonchev–Trinajstić information content (AvgIpc) is 3.57. The number of esters is 2. The third kappa shape index (κ3) is 3.77. The molecule has 1 aliphatic heterocycles. The lowest BCUT2D eigenvalue weighted by atomic mass is 9.76. The van der Waals surface area contributed by atoms with Crippen LogP contribution in [0.2, 0.25) is 0 Å². The summed E-state index contributed by atoms with van der Waals surface area (Å²) < 4.78 is 18.2. The Kier molecular flexibility index (Phi) is 5.41. The Morgan fingerprint density at radius 1 is 1.09 bits per heavy atom. The maximum atomic E-state index is 14.3. The van der Waals surface area contributed by atoms with Crippen LogP contribution in [0.15, 0.2) is 53.6 Å². The zero-order valence-electron chi connectivity index (χ0n) is 21.3. The molecule has 0 radical (unpaired) electrons.